The lowest BCUT2D eigenvalue weighted by atomic mass is 9.86. The number of hydrogen-bond donors (Lipinski definition) is 0. The Labute approximate surface area is 196 Å². The third-order valence-corrected chi connectivity index (χ3v) is 6.79. The van der Waals surface area contributed by atoms with Gasteiger partial charge >= 0.3 is 0 Å². The van der Waals surface area contributed by atoms with Gasteiger partial charge < -0.3 is 4.18 Å². The molecule has 31 heavy (non-hydrogen) atoms. The molecule has 0 aliphatic heterocycles. The van der Waals surface area contributed by atoms with Crippen molar-refractivity contribution in [1.82, 2.24) is 0 Å². The fourth-order valence-electron chi connectivity index (χ4n) is 4.57. The molecule has 2 heteroatoms. The molecular formula is C29H44OS. The number of unbranched alkanes of at least 4 members (excludes halogenated alkanes) is 2. The SMILES string of the molecule is CCCCCC1CCCCC1.CCc1cc(CCCOSC)ccc1-c1ccccc1. The fraction of sp³-hybridized carbons (Fsp3) is 0.586. The largest absolute Gasteiger partial charge is 0.316 e. The second kappa shape index (κ2) is 16.4. The number of aryl methyl sites for hydroxylation is 2. The molecule has 3 rings (SSSR count). The van der Waals surface area contributed by atoms with E-state index in [4.69, 9.17) is 4.18 Å². The highest BCUT2D eigenvalue weighted by molar-refractivity contribution is 7.93. The van der Waals surface area contributed by atoms with Crippen molar-refractivity contribution in [3.63, 3.8) is 0 Å². The molecule has 172 valence electrons. The average molecular weight is 441 g/mol. The second-order valence-electron chi connectivity index (χ2n) is 8.80. The van der Waals surface area contributed by atoms with E-state index < -0.39 is 0 Å². The molecule has 0 amide bonds. The first-order chi connectivity index (χ1) is 15.3. The maximum atomic E-state index is 5.32. The van der Waals surface area contributed by atoms with E-state index >= 15 is 0 Å². The standard InChI is InChI=1S/C18H22OS.C11H22/c1-3-16-14-15(8-7-13-19-20-2)11-12-18(16)17-9-5-4-6-10-17;1-2-3-5-8-11-9-6-4-7-10-11/h4-6,9-12,14H,3,7-8,13H2,1-2H3;11H,2-10H2,1H3. The monoisotopic (exact) mass is 440 g/mol. The van der Waals surface area contributed by atoms with Crippen LogP contribution in [-0.4, -0.2) is 12.9 Å². The van der Waals surface area contributed by atoms with Gasteiger partial charge in [0.1, 0.15) is 0 Å². The van der Waals surface area contributed by atoms with E-state index in [1.165, 1.54) is 92.1 Å². The van der Waals surface area contributed by atoms with Crippen LogP contribution in [0.1, 0.15) is 89.2 Å². The van der Waals surface area contributed by atoms with Gasteiger partial charge in [-0.2, -0.15) is 0 Å². The van der Waals surface area contributed by atoms with Gasteiger partial charge in [0.2, 0.25) is 0 Å². The fourth-order valence-corrected chi connectivity index (χ4v) is 4.86. The summed E-state index contributed by atoms with van der Waals surface area (Å²) in [6.45, 7) is 5.34. The molecule has 2 aromatic carbocycles. The van der Waals surface area contributed by atoms with Crippen LogP contribution < -0.4 is 0 Å². The maximum absolute atomic E-state index is 5.32. The van der Waals surface area contributed by atoms with Crippen LogP contribution in [-0.2, 0) is 17.0 Å². The van der Waals surface area contributed by atoms with Gasteiger partial charge in [-0.05, 0) is 59.5 Å². The molecule has 1 saturated carbocycles. The van der Waals surface area contributed by atoms with E-state index in [1.807, 2.05) is 6.26 Å². The summed E-state index contributed by atoms with van der Waals surface area (Å²) < 4.78 is 5.32. The summed E-state index contributed by atoms with van der Waals surface area (Å²) in [5.41, 5.74) is 5.50. The predicted octanol–water partition coefficient (Wildman–Crippen LogP) is 9.29. The van der Waals surface area contributed by atoms with E-state index in [2.05, 4.69) is 62.4 Å². The summed E-state index contributed by atoms with van der Waals surface area (Å²) in [5, 5.41) is 0. The summed E-state index contributed by atoms with van der Waals surface area (Å²) >= 11 is 1.44. The van der Waals surface area contributed by atoms with Crippen LogP contribution >= 0.6 is 12.0 Å². The van der Waals surface area contributed by atoms with Gasteiger partial charge in [0.15, 0.2) is 0 Å². The van der Waals surface area contributed by atoms with Gasteiger partial charge in [-0.25, -0.2) is 0 Å². The zero-order chi connectivity index (χ0) is 22.2. The molecule has 2 aromatic rings. The van der Waals surface area contributed by atoms with E-state index in [0.29, 0.717) is 0 Å². The normalized spacial score (nSPS) is 14.2. The van der Waals surface area contributed by atoms with Gasteiger partial charge in [0.05, 0.1) is 6.61 Å². The minimum Gasteiger partial charge on any atom is -0.316 e. The van der Waals surface area contributed by atoms with Crippen molar-refractivity contribution in [2.24, 2.45) is 5.92 Å². The highest BCUT2D eigenvalue weighted by atomic mass is 32.2. The Morgan fingerprint density at radius 2 is 1.68 bits per heavy atom. The molecule has 1 aliphatic rings. The van der Waals surface area contributed by atoms with Crippen molar-refractivity contribution in [2.45, 2.75) is 90.9 Å². The molecule has 0 aromatic heterocycles. The minimum atomic E-state index is 0.822. The molecule has 1 nitrogen and oxygen atoms in total. The quantitative estimate of drug-likeness (QED) is 0.254. The molecule has 0 radical (unpaired) electrons. The minimum absolute atomic E-state index is 0.822. The van der Waals surface area contributed by atoms with Gasteiger partial charge in [0, 0.05) is 6.26 Å². The van der Waals surface area contributed by atoms with Crippen LogP contribution in [0.15, 0.2) is 48.5 Å². The Kier molecular flexibility index (Phi) is 13.8. The Balaban J connectivity index is 0.000000262. The topological polar surface area (TPSA) is 9.23 Å². The van der Waals surface area contributed by atoms with Crippen molar-refractivity contribution in [1.29, 1.82) is 0 Å². The van der Waals surface area contributed by atoms with Crippen LogP contribution in [0, 0.1) is 5.92 Å². The van der Waals surface area contributed by atoms with E-state index in [9.17, 15) is 0 Å². The van der Waals surface area contributed by atoms with Crippen molar-refractivity contribution in [2.75, 3.05) is 12.9 Å². The van der Waals surface area contributed by atoms with E-state index in [0.717, 1.165) is 31.8 Å². The van der Waals surface area contributed by atoms with Crippen LogP contribution in [0.3, 0.4) is 0 Å². The lowest BCUT2D eigenvalue weighted by Gasteiger charge is -2.20. The Bertz CT molecular complexity index is 691. The Morgan fingerprint density at radius 1 is 0.903 bits per heavy atom. The molecule has 0 heterocycles. The summed E-state index contributed by atoms with van der Waals surface area (Å²) in [6.07, 6.45) is 18.6. The number of benzene rings is 2. The highest BCUT2D eigenvalue weighted by Gasteiger charge is 2.12. The van der Waals surface area contributed by atoms with Crippen LogP contribution in [0.4, 0.5) is 0 Å². The second-order valence-corrected chi connectivity index (χ2v) is 9.37. The molecular weight excluding hydrogens is 396 g/mol. The van der Waals surface area contributed by atoms with Crippen LogP contribution in [0.2, 0.25) is 0 Å². The highest BCUT2D eigenvalue weighted by Crippen LogP contribution is 2.28. The van der Waals surface area contributed by atoms with Gasteiger partial charge in [0.25, 0.3) is 0 Å². The number of hydrogen-bond acceptors (Lipinski definition) is 2. The molecule has 0 unspecified atom stereocenters. The van der Waals surface area contributed by atoms with Crippen LogP contribution in [0.25, 0.3) is 11.1 Å². The molecule has 1 aliphatic carbocycles. The Morgan fingerprint density at radius 3 is 2.35 bits per heavy atom. The zero-order valence-electron chi connectivity index (χ0n) is 20.2. The van der Waals surface area contributed by atoms with Gasteiger partial charge in [-0.3, -0.25) is 0 Å². The van der Waals surface area contributed by atoms with Crippen molar-refractivity contribution in [3.05, 3.63) is 59.7 Å². The third-order valence-electron chi connectivity index (χ3n) is 6.39. The summed E-state index contributed by atoms with van der Waals surface area (Å²) in [6, 6.07) is 17.5. The lowest BCUT2D eigenvalue weighted by molar-refractivity contribution is 0.329. The summed E-state index contributed by atoms with van der Waals surface area (Å²) in [4.78, 5) is 0. The maximum Gasteiger partial charge on any atom is 0.0616 e. The van der Waals surface area contributed by atoms with Gasteiger partial charge in [-0.1, -0.05) is 120 Å². The molecule has 0 bridgehead atoms. The van der Waals surface area contributed by atoms with E-state index in [-0.39, 0.29) is 0 Å². The first kappa shape index (κ1) is 26.0. The van der Waals surface area contributed by atoms with Crippen molar-refractivity contribution in [3.8, 4) is 11.1 Å². The average Bonchev–Trinajstić information content (AvgIpc) is 2.83. The molecule has 0 saturated heterocycles. The molecule has 1 fully saturated rings. The lowest BCUT2D eigenvalue weighted by Crippen LogP contribution is -2.05. The smallest absolute Gasteiger partial charge is 0.0616 e. The first-order valence-electron chi connectivity index (χ1n) is 12.6. The third kappa shape index (κ3) is 10.3. The molecule has 0 N–H and O–H groups in total. The van der Waals surface area contributed by atoms with Crippen molar-refractivity contribution >= 4 is 12.0 Å². The summed E-state index contributed by atoms with van der Waals surface area (Å²) in [5.74, 6) is 1.11. The summed E-state index contributed by atoms with van der Waals surface area (Å²) in [7, 11) is 0. The predicted molar refractivity (Wildman–Crippen MR) is 140 cm³/mol. The van der Waals surface area contributed by atoms with E-state index in [1.54, 1.807) is 0 Å². The van der Waals surface area contributed by atoms with Crippen molar-refractivity contribution < 1.29 is 4.18 Å². The first-order valence-corrected chi connectivity index (χ1v) is 13.8. The Hall–Kier alpha value is -1.25. The molecule has 0 spiro atoms. The van der Waals surface area contributed by atoms with Crippen LogP contribution in [0.5, 0.6) is 0 Å². The van der Waals surface area contributed by atoms with Gasteiger partial charge in [-0.15, -0.1) is 0 Å². The molecule has 0 atom stereocenters. The number of rotatable bonds is 11. The zero-order valence-corrected chi connectivity index (χ0v) is 21.0.